The van der Waals surface area contributed by atoms with Gasteiger partial charge in [0, 0.05) is 20.6 Å². The maximum absolute atomic E-state index is 9.38. The van der Waals surface area contributed by atoms with Gasteiger partial charge >= 0.3 is 0 Å². The predicted octanol–water partition coefficient (Wildman–Crippen LogP) is 3.39. The lowest BCUT2D eigenvalue weighted by atomic mass is 10.0. The average molecular weight is 336 g/mol. The third-order valence-electron chi connectivity index (χ3n) is 3.54. The number of likely N-dealkylation sites (N-methyl/N-ethyl adjacent to an activating group) is 1. The minimum absolute atomic E-state index is 0.557. The lowest BCUT2D eigenvalue weighted by Crippen LogP contribution is -2.19. The molecular formula is C20H24N4O. The van der Waals surface area contributed by atoms with Gasteiger partial charge in [-0.15, -0.1) is 0 Å². The molecule has 5 heteroatoms. The number of aliphatic imine (C=N–C) groups is 1. The monoisotopic (exact) mass is 336 g/mol. The van der Waals surface area contributed by atoms with Gasteiger partial charge in [-0.05, 0) is 49.5 Å². The highest BCUT2D eigenvalue weighted by Gasteiger charge is 2.05. The summed E-state index contributed by atoms with van der Waals surface area (Å²) in [7, 11) is 7.83. The van der Waals surface area contributed by atoms with E-state index in [-0.39, 0.29) is 0 Å². The Bertz CT molecular complexity index is 758. The second-order valence-electron chi connectivity index (χ2n) is 6.23. The molecule has 0 amide bonds. The van der Waals surface area contributed by atoms with E-state index in [4.69, 9.17) is 4.74 Å². The molecule has 0 bridgehead atoms. The van der Waals surface area contributed by atoms with E-state index < -0.39 is 0 Å². The molecule has 0 saturated carbocycles. The Morgan fingerprint density at radius 3 is 2.32 bits per heavy atom. The molecule has 0 saturated heterocycles. The minimum Gasteiger partial charge on any atom is -0.492 e. The number of rotatable bonds is 7. The molecule has 0 aromatic heterocycles. The maximum Gasteiger partial charge on any atom is 0.119 e. The first-order valence-corrected chi connectivity index (χ1v) is 8.12. The van der Waals surface area contributed by atoms with Crippen molar-refractivity contribution < 1.29 is 4.74 Å². The van der Waals surface area contributed by atoms with Crippen LogP contribution in [0.25, 0.3) is 11.1 Å². The molecule has 0 aliphatic carbocycles. The molecule has 0 atom stereocenters. The molecule has 0 aliphatic rings. The fourth-order valence-electron chi connectivity index (χ4n) is 2.19. The van der Waals surface area contributed by atoms with E-state index in [2.05, 4.69) is 16.0 Å². The molecule has 0 unspecified atom stereocenters. The van der Waals surface area contributed by atoms with Crippen molar-refractivity contribution in [3.8, 4) is 22.9 Å². The van der Waals surface area contributed by atoms with E-state index in [1.165, 1.54) is 0 Å². The van der Waals surface area contributed by atoms with Gasteiger partial charge in [-0.1, -0.05) is 18.2 Å². The van der Waals surface area contributed by atoms with Crippen molar-refractivity contribution in [2.24, 2.45) is 4.99 Å². The van der Waals surface area contributed by atoms with Crippen LogP contribution in [0.15, 0.2) is 47.5 Å². The number of hydrogen-bond donors (Lipinski definition) is 0. The Hall–Kier alpha value is -2.84. The summed E-state index contributed by atoms with van der Waals surface area (Å²) in [6.07, 6.45) is 1.69. The predicted molar refractivity (Wildman–Crippen MR) is 102 cm³/mol. The van der Waals surface area contributed by atoms with Gasteiger partial charge in [0.1, 0.15) is 18.4 Å². The van der Waals surface area contributed by atoms with Gasteiger partial charge in [-0.3, -0.25) is 0 Å². The van der Waals surface area contributed by atoms with E-state index in [1.54, 1.807) is 6.34 Å². The third kappa shape index (κ3) is 5.63. The zero-order chi connectivity index (χ0) is 18.2. The Morgan fingerprint density at radius 2 is 1.72 bits per heavy atom. The summed E-state index contributed by atoms with van der Waals surface area (Å²) in [5.74, 6) is 0.846. The molecule has 2 aromatic carbocycles. The smallest absolute Gasteiger partial charge is 0.119 e. The topological polar surface area (TPSA) is 51.9 Å². The van der Waals surface area contributed by atoms with E-state index >= 15 is 0 Å². The highest BCUT2D eigenvalue weighted by Crippen LogP contribution is 2.27. The molecule has 0 fully saturated rings. The zero-order valence-corrected chi connectivity index (χ0v) is 15.2. The summed E-state index contributed by atoms with van der Waals surface area (Å²) in [6.45, 7) is 1.53. The van der Waals surface area contributed by atoms with Crippen molar-refractivity contribution in [3.05, 3.63) is 48.0 Å². The highest BCUT2D eigenvalue weighted by molar-refractivity contribution is 5.72. The zero-order valence-electron chi connectivity index (χ0n) is 15.2. The van der Waals surface area contributed by atoms with E-state index in [1.807, 2.05) is 75.6 Å². The standard InChI is InChI=1S/C20H24N4O/c1-23(2)11-12-25-19-8-5-16(6-9-19)17-7-10-20(18(13-17)14-21)22-15-24(3)4/h5-10,13,15H,11-12H2,1-4H3. The fraction of sp³-hybridized carbons (Fsp3) is 0.300. The first-order valence-electron chi connectivity index (χ1n) is 8.12. The highest BCUT2D eigenvalue weighted by atomic mass is 16.5. The Balaban J connectivity index is 2.14. The first kappa shape index (κ1) is 18.5. The van der Waals surface area contributed by atoms with Crippen LogP contribution in [-0.2, 0) is 0 Å². The second-order valence-corrected chi connectivity index (χ2v) is 6.23. The maximum atomic E-state index is 9.38. The van der Waals surface area contributed by atoms with Gasteiger partial charge in [0.15, 0.2) is 0 Å². The molecule has 0 radical (unpaired) electrons. The molecule has 2 rings (SSSR count). The van der Waals surface area contributed by atoms with Crippen LogP contribution in [0, 0.1) is 11.3 Å². The van der Waals surface area contributed by atoms with E-state index in [0.29, 0.717) is 17.9 Å². The summed E-state index contributed by atoms with van der Waals surface area (Å²) in [6, 6.07) is 15.8. The van der Waals surface area contributed by atoms with E-state index in [9.17, 15) is 5.26 Å². The van der Waals surface area contributed by atoms with Crippen LogP contribution in [-0.4, -0.2) is 57.5 Å². The number of ether oxygens (including phenoxy) is 1. The summed E-state index contributed by atoms with van der Waals surface area (Å²) < 4.78 is 5.71. The van der Waals surface area contributed by atoms with Crippen LogP contribution in [0.3, 0.4) is 0 Å². The van der Waals surface area contributed by atoms with Crippen LogP contribution in [0.5, 0.6) is 5.75 Å². The summed E-state index contributed by atoms with van der Waals surface area (Å²) in [5.41, 5.74) is 3.25. The molecule has 0 spiro atoms. The van der Waals surface area contributed by atoms with Crippen molar-refractivity contribution in [2.75, 3.05) is 41.3 Å². The van der Waals surface area contributed by atoms with Crippen LogP contribution in [0.1, 0.15) is 5.56 Å². The minimum atomic E-state index is 0.557. The summed E-state index contributed by atoms with van der Waals surface area (Å²) in [4.78, 5) is 8.25. The summed E-state index contributed by atoms with van der Waals surface area (Å²) >= 11 is 0. The number of nitriles is 1. The molecule has 0 heterocycles. The molecule has 0 N–H and O–H groups in total. The number of benzene rings is 2. The normalized spacial score (nSPS) is 10.9. The molecule has 25 heavy (non-hydrogen) atoms. The van der Waals surface area contributed by atoms with Gasteiger partial charge in [0.05, 0.1) is 17.6 Å². The van der Waals surface area contributed by atoms with Crippen molar-refractivity contribution >= 4 is 12.0 Å². The number of nitrogens with zero attached hydrogens (tertiary/aromatic N) is 4. The lowest BCUT2D eigenvalue weighted by molar-refractivity contribution is 0.261. The quantitative estimate of drug-likeness (QED) is 0.574. The molecule has 130 valence electrons. The largest absolute Gasteiger partial charge is 0.492 e. The summed E-state index contributed by atoms with van der Waals surface area (Å²) in [5, 5.41) is 9.38. The van der Waals surface area contributed by atoms with Crippen molar-refractivity contribution in [2.45, 2.75) is 0 Å². The SMILES string of the molecule is CN(C)C=Nc1ccc(-c2ccc(OCCN(C)C)cc2)cc1C#N. The van der Waals surface area contributed by atoms with Crippen molar-refractivity contribution in [1.82, 2.24) is 9.80 Å². The van der Waals surface area contributed by atoms with Crippen molar-refractivity contribution in [1.29, 1.82) is 5.26 Å². The van der Waals surface area contributed by atoms with Crippen molar-refractivity contribution in [3.63, 3.8) is 0 Å². The van der Waals surface area contributed by atoms with Gasteiger partial charge in [0.25, 0.3) is 0 Å². The fourth-order valence-corrected chi connectivity index (χ4v) is 2.19. The molecule has 2 aromatic rings. The van der Waals surface area contributed by atoms with Crippen LogP contribution < -0.4 is 4.74 Å². The molecule has 0 aliphatic heterocycles. The Labute approximate surface area is 149 Å². The number of hydrogen-bond acceptors (Lipinski definition) is 4. The van der Waals surface area contributed by atoms with E-state index in [0.717, 1.165) is 23.4 Å². The third-order valence-corrected chi connectivity index (χ3v) is 3.54. The van der Waals surface area contributed by atoms with Crippen LogP contribution in [0.4, 0.5) is 5.69 Å². The molecular weight excluding hydrogens is 312 g/mol. The Kier molecular flexibility index (Phi) is 6.55. The van der Waals surface area contributed by atoms with Crippen LogP contribution in [0.2, 0.25) is 0 Å². The van der Waals surface area contributed by atoms with Gasteiger partial charge in [0.2, 0.25) is 0 Å². The second kappa shape index (κ2) is 8.86. The van der Waals surface area contributed by atoms with Gasteiger partial charge < -0.3 is 14.5 Å². The van der Waals surface area contributed by atoms with Gasteiger partial charge in [-0.25, -0.2) is 4.99 Å². The van der Waals surface area contributed by atoms with Gasteiger partial charge in [-0.2, -0.15) is 5.26 Å². The first-order chi connectivity index (χ1) is 12.0. The lowest BCUT2D eigenvalue weighted by Gasteiger charge is -2.11. The van der Waals surface area contributed by atoms with Crippen LogP contribution >= 0.6 is 0 Å². The Morgan fingerprint density at radius 1 is 1.04 bits per heavy atom. The average Bonchev–Trinajstić information content (AvgIpc) is 2.60. The molecule has 5 nitrogen and oxygen atoms in total.